The Balaban J connectivity index is 1.06. The third kappa shape index (κ3) is 4.92. The van der Waals surface area contributed by atoms with Gasteiger partial charge in [0.15, 0.2) is 0 Å². The average molecular weight is 735 g/mol. The minimum atomic E-state index is -0.157. The van der Waals surface area contributed by atoms with Crippen molar-refractivity contribution in [2.75, 3.05) is 0 Å². The highest BCUT2D eigenvalue weighted by Gasteiger charge is 2.38. The summed E-state index contributed by atoms with van der Waals surface area (Å²) in [4.78, 5) is 0. The van der Waals surface area contributed by atoms with Crippen molar-refractivity contribution in [3.63, 3.8) is 0 Å². The van der Waals surface area contributed by atoms with Crippen molar-refractivity contribution in [3.05, 3.63) is 155 Å². The van der Waals surface area contributed by atoms with E-state index in [0.29, 0.717) is 5.92 Å². The molecule has 0 unspecified atom stereocenters. The average Bonchev–Trinajstić information content (AvgIpc) is 3.41. The Labute approximate surface area is 336 Å². The lowest BCUT2D eigenvalue weighted by atomic mass is 9.79. The molecule has 0 aromatic heterocycles. The van der Waals surface area contributed by atoms with Crippen LogP contribution >= 0.6 is 0 Å². The van der Waals surface area contributed by atoms with Crippen LogP contribution in [0.4, 0.5) is 0 Å². The van der Waals surface area contributed by atoms with Crippen molar-refractivity contribution in [2.24, 2.45) is 5.92 Å². The molecule has 0 radical (unpaired) electrons. The van der Waals surface area contributed by atoms with Crippen LogP contribution in [0.2, 0.25) is 0 Å². The second-order valence-corrected chi connectivity index (χ2v) is 19.4. The van der Waals surface area contributed by atoms with Crippen LogP contribution in [-0.2, 0) is 17.3 Å². The summed E-state index contributed by atoms with van der Waals surface area (Å²) in [6.07, 6.45) is 1.10. The highest BCUT2D eigenvalue weighted by Crippen LogP contribution is 2.54. The first kappa shape index (κ1) is 34.5. The van der Waals surface area contributed by atoms with Crippen LogP contribution < -0.4 is 0 Å². The molecule has 0 aliphatic heterocycles. The molecule has 0 heteroatoms. The van der Waals surface area contributed by atoms with Crippen LogP contribution in [0.5, 0.6) is 0 Å². The van der Waals surface area contributed by atoms with Crippen LogP contribution in [-0.4, -0.2) is 0 Å². The molecule has 11 rings (SSSR count). The summed E-state index contributed by atoms with van der Waals surface area (Å²) in [7, 11) is 0. The number of fused-ring (bicyclic) bond motifs is 3. The van der Waals surface area contributed by atoms with Gasteiger partial charge in [0, 0.05) is 5.41 Å². The lowest BCUT2D eigenvalue weighted by molar-refractivity contribution is 0.591. The maximum atomic E-state index is 2.52. The Kier molecular flexibility index (Phi) is 7.07. The van der Waals surface area contributed by atoms with Crippen molar-refractivity contribution in [3.8, 4) is 33.4 Å². The van der Waals surface area contributed by atoms with Gasteiger partial charge in [-0.1, -0.05) is 158 Å². The zero-order chi connectivity index (χ0) is 39.3. The fourth-order valence-electron chi connectivity index (χ4n) is 10.9. The molecule has 0 atom stereocenters. The standard InChI is InChI=1S/C57H50/c1-31(2)22-34-25-37-12-10-35-14-18-44(46-20-16-38(26-34)52(37)54(35)46)41-23-32(3)50-48(29-41)57(8,9)49-30-42(24-33(4)51(49)50)45-19-15-36-11-13-39-27-43(56(5,6)7)28-40-17-21-47(45)55(36)53(39)40/h10-21,23-31H,22H2,1-9H3. The monoisotopic (exact) mass is 734 g/mol. The van der Waals surface area contributed by atoms with E-state index in [1.165, 1.54) is 131 Å². The van der Waals surface area contributed by atoms with Gasteiger partial charge in [-0.2, -0.15) is 0 Å². The highest BCUT2D eigenvalue weighted by molar-refractivity contribution is 6.27. The maximum absolute atomic E-state index is 2.52. The Bertz CT molecular complexity index is 3270. The summed E-state index contributed by atoms with van der Waals surface area (Å²) in [6.45, 7) is 21.1. The van der Waals surface area contributed by atoms with Gasteiger partial charge in [0.2, 0.25) is 0 Å². The van der Waals surface area contributed by atoms with Gasteiger partial charge < -0.3 is 0 Å². The number of rotatable bonds is 4. The molecular formula is C57H50. The van der Waals surface area contributed by atoms with Crippen molar-refractivity contribution < 1.29 is 0 Å². The molecule has 0 spiro atoms. The predicted octanol–water partition coefficient (Wildman–Crippen LogP) is 16.2. The van der Waals surface area contributed by atoms with Gasteiger partial charge in [0.05, 0.1) is 0 Å². The highest BCUT2D eigenvalue weighted by atomic mass is 14.4. The zero-order valence-corrected chi connectivity index (χ0v) is 34.8. The Morgan fingerprint density at radius 2 is 0.877 bits per heavy atom. The quantitative estimate of drug-likeness (QED) is 0.158. The minimum absolute atomic E-state index is 0.0979. The molecule has 0 saturated heterocycles. The number of aryl methyl sites for hydroxylation is 2. The van der Waals surface area contributed by atoms with E-state index in [2.05, 4.69) is 184 Å². The lowest BCUT2D eigenvalue weighted by Crippen LogP contribution is -2.15. The molecule has 0 bridgehead atoms. The molecule has 0 nitrogen and oxygen atoms in total. The normalized spacial score (nSPS) is 14.1. The van der Waals surface area contributed by atoms with E-state index in [-0.39, 0.29) is 10.8 Å². The van der Waals surface area contributed by atoms with Gasteiger partial charge in [-0.3, -0.25) is 0 Å². The largest absolute Gasteiger partial charge is 0.0625 e. The Morgan fingerprint density at radius 1 is 0.474 bits per heavy atom. The molecule has 0 heterocycles. The summed E-state index contributed by atoms with van der Waals surface area (Å²) < 4.78 is 0. The fourth-order valence-corrected chi connectivity index (χ4v) is 10.9. The number of hydrogen-bond acceptors (Lipinski definition) is 0. The minimum Gasteiger partial charge on any atom is -0.0625 e. The molecule has 0 saturated carbocycles. The van der Waals surface area contributed by atoms with Crippen molar-refractivity contribution in [1.29, 1.82) is 0 Å². The van der Waals surface area contributed by atoms with E-state index in [4.69, 9.17) is 0 Å². The van der Waals surface area contributed by atoms with E-state index < -0.39 is 0 Å². The van der Waals surface area contributed by atoms with Crippen LogP contribution in [0.25, 0.3) is 98.0 Å². The van der Waals surface area contributed by atoms with Gasteiger partial charge in [-0.25, -0.2) is 0 Å². The molecule has 278 valence electrons. The van der Waals surface area contributed by atoms with Crippen molar-refractivity contribution in [1.82, 2.24) is 0 Å². The lowest BCUT2D eigenvalue weighted by Gasteiger charge is -2.24. The molecule has 1 aliphatic rings. The van der Waals surface area contributed by atoms with E-state index >= 15 is 0 Å². The first-order chi connectivity index (χ1) is 27.3. The van der Waals surface area contributed by atoms with Gasteiger partial charge in [-0.15, -0.1) is 0 Å². The summed E-state index contributed by atoms with van der Waals surface area (Å²) in [5, 5.41) is 16.2. The third-order valence-electron chi connectivity index (χ3n) is 13.7. The van der Waals surface area contributed by atoms with E-state index in [1.54, 1.807) is 0 Å². The first-order valence-corrected chi connectivity index (χ1v) is 21.0. The Morgan fingerprint density at radius 3 is 1.32 bits per heavy atom. The molecule has 1 aliphatic carbocycles. The van der Waals surface area contributed by atoms with Crippen molar-refractivity contribution in [2.45, 2.75) is 79.6 Å². The van der Waals surface area contributed by atoms with E-state index in [9.17, 15) is 0 Å². The van der Waals surface area contributed by atoms with Gasteiger partial charge in [-0.05, 0) is 175 Å². The van der Waals surface area contributed by atoms with Crippen LogP contribution in [0.3, 0.4) is 0 Å². The molecular weight excluding hydrogens is 685 g/mol. The first-order valence-electron chi connectivity index (χ1n) is 21.0. The van der Waals surface area contributed by atoms with E-state index in [0.717, 1.165) is 6.42 Å². The van der Waals surface area contributed by atoms with E-state index in [1.807, 2.05) is 0 Å². The van der Waals surface area contributed by atoms with Gasteiger partial charge in [0.25, 0.3) is 0 Å². The Hall–Kier alpha value is -5.72. The summed E-state index contributed by atoms with van der Waals surface area (Å²) in [6, 6.07) is 47.8. The molecule has 0 fully saturated rings. The summed E-state index contributed by atoms with van der Waals surface area (Å²) in [5.74, 6) is 0.633. The van der Waals surface area contributed by atoms with Crippen LogP contribution in [0, 0.1) is 19.8 Å². The number of hydrogen-bond donors (Lipinski definition) is 0. The molecule has 57 heavy (non-hydrogen) atoms. The molecule has 10 aromatic carbocycles. The van der Waals surface area contributed by atoms with Gasteiger partial charge in [0.1, 0.15) is 0 Å². The molecule has 10 aromatic rings. The van der Waals surface area contributed by atoms with Crippen LogP contribution in [0.1, 0.15) is 81.8 Å². The molecule has 0 N–H and O–H groups in total. The fraction of sp³-hybridized carbons (Fsp3) is 0.228. The maximum Gasteiger partial charge on any atom is 0.0159 e. The second kappa shape index (κ2) is 11.7. The van der Waals surface area contributed by atoms with Crippen LogP contribution in [0.15, 0.2) is 121 Å². The zero-order valence-electron chi connectivity index (χ0n) is 34.8. The van der Waals surface area contributed by atoms with Gasteiger partial charge >= 0.3 is 0 Å². The SMILES string of the molecule is Cc1cc(-c2ccc3ccc4cc(CC(C)C)cc5ccc2c3c45)cc2c1-c1c(C)cc(-c3ccc4ccc5cc(C(C)(C)C)cc6ccc3c4c56)cc1C2(C)C. The third-order valence-corrected chi connectivity index (χ3v) is 13.7. The van der Waals surface area contributed by atoms with Crippen molar-refractivity contribution >= 4 is 64.6 Å². The smallest absolute Gasteiger partial charge is 0.0159 e. The summed E-state index contributed by atoms with van der Waals surface area (Å²) >= 11 is 0. The number of benzene rings is 10. The second-order valence-electron chi connectivity index (χ2n) is 19.4. The molecule has 0 amide bonds. The topological polar surface area (TPSA) is 0 Å². The summed E-state index contributed by atoms with van der Waals surface area (Å²) in [5.41, 5.74) is 16.4. The predicted molar refractivity (Wildman–Crippen MR) is 249 cm³/mol.